The number of rotatable bonds is 6. The van der Waals surface area contributed by atoms with E-state index in [0.29, 0.717) is 24.7 Å². The van der Waals surface area contributed by atoms with E-state index >= 15 is 0 Å². The summed E-state index contributed by atoms with van der Waals surface area (Å²) in [7, 11) is -2.98. The van der Waals surface area contributed by atoms with Crippen LogP contribution in [0.2, 0.25) is 0 Å². The quantitative estimate of drug-likeness (QED) is 0.438. The van der Waals surface area contributed by atoms with E-state index in [0.717, 1.165) is 12.1 Å². The highest BCUT2D eigenvalue weighted by molar-refractivity contribution is 7.91. The third-order valence-electron chi connectivity index (χ3n) is 3.73. The first-order valence-electron chi connectivity index (χ1n) is 8.25. The van der Waals surface area contributed by atoms with Crippen molar-refractivity contribution in [3.63, 3.8) is 0 Å². The van der Waals surface area contributed by atoms with Crippen LogP contribution in [0.3, 0.4) is 0 Å². The molecule has 1 fully saturated rings. The van der Waals surface area contributed by atoms with Crippen molar-refractivity contribution < 1.29 is 26.3 Å². The van der Waals surface area contributed by atoms with E-state index in [9.17, 15) is 21.6 Å². The standard InChI is InChI=1S/C16H22F3N3O3S/c1-2-20-15(22-13-7-10-26(23,24)11-13)21-8-9-25-14-5-3-12(4-6-14)16(17,18)19/h3-6,13H,2,7-11H2,1H3,(H2,20,21,22). The molecule has 1 aromatic rings. The second kappa shape index (κ2) is 8.61. The van der Waals surface area contributed by atoms with Crippen molar-refractivity contribution in [2.75, 3.05) is 31.2 Å². The lowest BCUT2D eigenvalue weighted by Crippen LogP contribution is -2.44. The second-order valence-electron chi connectivity index (χ2n) is 5.88. The highest BCUT2D eigenvalue weighted by Crippen LogP contribution is 2.30. The van der Waals surface area contributed by atoms with Crippen LogP contribution in [0.4, 0.5) is 13.2 Å². The zero-order valence-electron chi connectivity index (χ0n) is 14.3. The Morgan fingerprint density at radius 2 is 2.00 bits per heavy atom. The molecule has 0 spiro atoms. The van der Waals surface area contributed by atoms with Crippen LogP contribution in [0.5, 0.6) is 5.75 Å². The number of alkyl halides is 3. The van der Waals surface area contributed by atoms with Crippen LogP contribution < -0.4 is 15.4 Å². The van der Waals surface area contributed by atoms with Gasteiger partial charge in [-0.3, -0.25) is 0 Å². The van der Waals surface area contributed by atoms with Gasteiger partial charge in [-0.15, -0.1) is 0 Å². The average Bonchev–Trinajstić information content (AvgIpc) is 2.90. The van der Waals surface area contributed by atoms with Crippen molar-refractivity contribution in [3.8, 4) is 5.75 Å². The maximum Gasteiger partial charge on any atom is 0.416 e. The Hall–Kier alpha value is -1.97. The maximum absolute atomic E-state index is 12.5. The van der Waals surface area contributed by atoms with E-state index in [1.807, 2.05) is 6.92 Å². The molecule has 146 valence electrons. The lowest BCUT2D eigenvalue weighted by Gasteiger charge is -2.16. The van der Waals surface area contributed by atoms with Crippen LogP contribution >= 0.6 is 0 Å². The Labute approximate surface area is 150 Å². The summed E-state index contributed by atoms with van der Waals surface area (Å²) in [6, 6.07) is 4.28. The summed E-state index contributed by atoms with van der Waals surface area (Å²) in [5, 5.41) is 6.10. The average molecular weight is 393 g/mol. The topological polar surface area (TPSA) is 79.8 Å². The SMILES string of the molecule is CCNC(=NCCOc1ccc(C(F)(F)F)cc1)NC1CCS(=O)(=O)C1. The number of nitrogens with zero attached hydrogens (tertiary/aromatic N) is 1. The fourth-order valence-corrected chi connectivity index (χ4v) is 4.16. The molecule has 1 unspecified atom stereocenters. The summed E-state index contributed by atoms with van der Waals surface area (Å²) in [5.41, 5.74) is -0.729. The van der Waals surface area contributed by atoms with Gasteiger partial charge in [0.15, 0.2) is 15.8 Å². The number of aliphatic imine (C=N–C) groups is 1. The van der Waals surface area contributed by atoms with Gasteiger partial charge in [0.1, 0.15) is 12.4 Å². The van der Waals surface area contributed by atoms with Gasteiger partial charge in [-0.05, 0) is 37.6 Å². The molecule has 1 aliphatic rings. The summed E-state index contributed by atoms with van der Waals surface area (Å²) in [6.07, 6.45) is -3.84. The van der Waals surface area contributed by atoms with Gasteiger partial charge in [-0.2, -0.15) is 13.2 Å². The van der Waals surface area contributed by atoms with E-state index in [4.69, 9.17) is 4.74 Å². The van der Waals surface area contributed by atoms with Gasteiger partial charge in [0.2, 0.25) is 0 Å². The van der Waals surface area contributed by atoms with Crippen LogP contribution in [0.1, 0.15) is 18.9 Å². The van der Waals surface area contributed by atoms with Crippen molar-refractivity contribution in [3.05, 3.63) is 29.8 Å². The Morgan fingerprint density at radius 1 is 1.31 bits per heavy atom. The number of nitrogens with one attached hydrogen (secondary N) is 2. The number of ether oxygens (including phenoxy) is 1. The molecule has 0 radical (unpaired) electrons. The third-order valence-corrected chi connectivity index (χ3v) is 5.50. The molecule has 2 rings (SSSR count). The molecule has 0 bridgehead atoms. The molecule has 2 N–H and O–H groups in total. The predicted octanol–water partition coefficient (Wildman–Crippen LogP) is 1.83. The van der Waals surface area contributed by atoms with Gasteiger partial charge in [-0.25, -0.2) is 13.4 Å². The molecule has 1 saturated heterocycles. The molecule has 0 aliphatic carbocycles. The first-order valence-corrected chi connectivity index (χ1v) is 10.1. The maximum atomic E-state index is 12.5. The molecule has 0 saturated carbocycles. The normalized spacial score (nSPS) is 20.0. The molecule has 1 heterocycles. The van der Waals surface area contributed by atoms with Gasteiger partial charge < -0.3 is 15.4 Å². The Bertz CT molecular complexity index is 718. The highest BCUT2D eigenvalue weighted by atomic mass is 32.2. The Balaban J connectivity index is 1.82. The Kier molecular flexibility index (Phi) is 6.74. The van der Waals surface area contributed by atoms with Crippen molar-refractivity contribution >= 4 is 15.8 Å². The molecular weight excluding hydrogens is 371 g/mol. The second-order valence-corrected chi connectivity index (χ2v) is 8.10. The number of benzene rings is 1. The smallest absolute Gasteiger partial charge is 0.416 e. The molecule has 1 aliphatic heterocycles. The molecular formula is C16H22F3N3O3S. The summed E-state index contributed by atoms with van der Waals surface area (Å²) in [5.74, 6) is 1.07. The van der Waals surface area contributed by atoms with Crippen molar-refractivity contribution in [2.24, 2.45) is 4.99 Å². The number of hydrogen-bond donors (Lipinski definition) is 2. The van der Waals surface area contributed by atoms with Crippen molar-refractivity contribution in [2.45, 2.75) is 25.6 Å². The highest BCUT2D eigenvalue weighted by Gasteiger charge is 2.30. The summed E-state index contributed by atoms with van der Waals surface area (Å²) < 4.78 is 65.8. The number of halogens is 3. The van der Waals surface area contributed by atoms with Crippen LogP contribution in [-0.4, -0.2) is 51.6 Å². The molecule has 1 aromatic carbocycles. The van der Waals surface area contributed by atoms with Gasteiger partial charge in [0.25, 0.3) is 0 Å². The number of hydrogen-bond acceptors (Lipinski definition) is 4. The lowest BCUT2D eigenvalue weighted by atomic mass is 10.2. The van der Waals surface area contributed by atoms with Crippen molar-refractivity contribution in [1.29, 1.82) is 0 Å². The Morgan fingerprint density at radius 3 is 2.54 bits per heavy atom. The van der Waals surface area contributed by atoms with E-state index in [-0.39, 0.29) is 30.7 Å². The zero-order chi connectivity index (χ0) is 19.2. The largest absolute Gasteiger partial charge is 0.492 e. The molecule has 26 heavy (non-hydrogen) atoms. The van der Waals surface area contributed by atoms with E-state index < -0.39 is 21.6 Å². The fraction of sp³-hybridized carbons (Fsp3) is 0.562. The minimum Gasteiger partial charge on any atom is -0.492 e. The van der Waals surface area contributed by atoms with Crippen molar-refractivity contribution in [1.82, 2.24) is 10.6 Å². The number of guanidine groups is 1. The molecule has 0 amide bonds. The van der Waals surface area contributed by atoms with Gasteiger partial charge in [-0.1, -0.05) is 0 Å². The summed E-state index contributed by atoms with van der Waals surface area (Å²) in [4.78, 5) is 4.29. The summed E-state index contributed by atoms with van der Waals surface area (Å²) in [6.45, 7) is 2.97. The molecule has 6 nitrogen and oxygen atoms in total. The molecule has 0 aromatic heterocycles. The van der Waals surface area contributed by atoms with Crippen LogP contribution in [0, 0.1) is 0 Å². The summed E-state index contributed by atoms with van der Waals surface area (Å²) >= 11 is 0. The first-order chi connectivity index (χ1) is 12.2. The lowest BCUT2D eigenvalue weighted by molar-refractivity contribution is -0.137. The van der Waals surface area contributed by atoms with Crippen LogP contribution in [0.15, 0.2) is 29.3 Å². The monoisotopic (exact) mass is 393 g/mol. The number of sulfone groups is 1. The zero-order valence-corrected chi connectivity index (χ0v) is 15.2. The van der Waals surface area contributed by atoms with Gasteiger partial charge >= 0.3 is 6.18 Å². The van der Waals surface area contributed by atoms with E-state index in [1.165, 1.54) is 12.1 Å². The molecule has 1 atom stereocenters. The fourth-order valence-electron chi connectivity index (χ4n) is 2.48. The first kappa shape index (κ1) is 20.3. The van der Waals surface area contributed by atoms with Gasteiger partial charge in [0, 0.05) is 12.6 Å². The predicted molar refractivity (Wildman–Crippen MR) is 93.1 cm³/mol. The van der Waals surface area contributed by atoms with Crippen LogP contribution in [0.25, 0.3) is 0 Å². The van der Waals surface area contributed by atoms with Crippen LogP contribution in [-0.2, 0) is 16.0 Å². The van der Waals surface area contributed by atoms with E-state index in [2.05, 4.69) is 15.6 Å². The molecule has 10 heteroatoms. The third kappa shape index (κ3) is 6.40. The minimum atomic E-state index is -4.37. The minimum absolute atomic E-state index is 0.0828. The van der Waals surface area contributed by atoms with E-state index in [1.54, 1.807) is 0 Å². The van der Waals surface area contributed by atoms with Gasteiger partial charge in [0.05, 0.1) is 23.6 Å².